The summed E-state index contributed by atoms with van der Waals surface area (Å²) < 4.78 is 9.80. The Morgan fingerprint density at radius 2 is 1.82 bits per heavy atom. The van der Waals surface area contributed by atoms with Gasteiger partial charge in [0.15, 0.2) is 6.29 Å². The monoisotopic (exact) mass is 162 g/mol. The number of aliphatic hydroxyl groups excluding tert-OH is 3. The number of hydrogen-bond donors (Lipinski definition) is 3. The van der Waals surface area contributed by atoms with Crippen molar-refractivity contribution >= 4 is 0 Å². The first-order valence-corrected chi connectivity index (χ1v) is 3.52. The first-order valence-electron chi connectivity index (χ1n) is 3.52. The van der Waals surface area contributed by atoms with E-state index < -0.39 is 18.5 Å². The maximum Gasteiger partial charge on any atom is 0.184 e. The molecule has 0 spiro atoms. The zero-order chi connectivity index (χ0) is 8.01. The summed E-state index contributed by atoms with van der Waals surface area (Å²) in [6.07, 6.45) is -3.27. The molecule has 3 N–H and O–H groups in total. The number of epoxide rings is 1. The van der Waals surface area contributed by atoms with Gasteiger partial charge in [-0.25, -0.2) is 0 Å². The molecule has 0 unspecified atom stereocenters. The number of ether oxygens (including phenoxy) is 2. The highest BCUT2D eigenvalue weighted by molar-refractivity contribution is 5.00. The Bertz CT molecular complexity index is 157. The molecule has 0 aromatic heterocycles. The summed E-state index contributed by atoms with van der Waals surface area (Å²) in [6, 6.07) is 0. The molecule has 2 heterocycles. The molecule has 0 aromatic rings. The molecule has 0 radical (unpaired) electrons. The summed E-state index contributed by atoms with van der Waals surface area (Å²) in [5, 5.41) is 26.8. The first kappa shape index (κ1) is 7.45. The Kier molecular flexibility index (Phi) is 1.62. The van der Waals surface area contributed by atoms with E-state index in [0.717, 1.165) is 0 Å². The van der Waals surface area contributed by atoms with Gasteiger partial charge in [-0.1, -0.05) is 0 Å². The third kappa shape index (κ3) is 1.05. The molecular weight excluding hydrogens is 152 g/mol. The van der Waals surface area contributed by atoms with E-state index in [0.29, 0.717) is 0 Å². The van der Waals surface area contributed by atoms with E-state index in [9.17, 15) is 0 Å². The zero-order valence-electron chi connectivity index (χ0n) is 5.75. The van der Waals surface area contributed by atoms with Gasteiger partial charge >= 0.3 is 0 Å². The molecule has 0 bridgehead atoms. The molecule has 2 saturated heterocycles. The maximum atomic E-state index is 9.12. The smallest absolute Gasteiger partial charge is 0.184 e. The van der Waals surface area contributed by atoms with Crippen LogP contribution in [0.15, 0.2) is 0 Å². The summed E-state index contributed by atoms with van der Waals surface area (Å²) in [7, 11) is 0. The molecular formula is C6H10O5. The molecule has 11 heavy (non-hydrogen) atoms. The molecule has 64 valence electrons. The van der Waals surface area contributed by atoms with Crippen LogP contribution in [-0.2, 0) is 9.47 Å². The van der Waals surface area contributed by atoms with E-state index in [1.807, 2.05) is 0 Å². The summed E-state index contributed by atoms with van der Waals surface area (Å²) in [5.74, 6) is 0. The van der Waals surface area contributed by atoms with Crippen LogP contribution < -0.4 is 0 Å². The Morgan fingerprint density at radius 1 is 1.09 bits per heavy atom. The standard InChI is InChI=1S/C6H10O5/c7-1-2-4-5(11-4)3(8)6(9)10-2/h2-9H,1H2/t2-,3-,4+,5-,6+/m0/s1. The van der Waals surface area contributed by atoms with Crippen molar-refractivity contribution in [1.29, 1.82) is 0 Å². The minimum Gasteiger partial charge on any atom is -0.394 e. The highest BCUT2D eigenvalue weighted by atomic mass is 16.7. The lowest BCUT2D eigenvalue weighted by Crippen LogP contribution is -2.46. The maximum absolute atomic E-state index is 9.12. The first-order chi connectivity index (χ1) is 5.24. The van der Waals surface area contributed by atoms with Gasteiger partial charge in [0.2, 0.25) is 0 Å². The van der Waals surface area contributed by atoms with Crippen LogP contribution in [0.3, 0.4) is 0 Å². The quantitative estimate of drug-likeness (QED) is 0.382. The van der Waals surface area contributed by atoms with Crippen LogP contribution >= 0.6 is 0 Å². The summed E-state index contributed by atoms with van der Waals surface area (Å²) >= 11 is 0. The minimum absolute atomic E-state index is 0.190. The Morgan fingerprint density at radius 3 is 2.45 bits per heavy atom. The summed E-state index contributed by atoms with van der Waals surface area (Å²) in [5.41, 5.74) is 0. The Balaban J connectivity index is 2.02. The third-order valence-corrected chi connectivity index (χ3v) is 2.05. The van der Waals surface area contributed by atoms with Crippen molar-refractivity contribution in [2.24, 2.45) is 0 Å². The van der Waals surface area contributed by atoms with Crippen molar-refractivity contribution in [2.45, 2.75) is 30.7 Å². The van der Waals surface area contributed by atoms with Gasteiger partial charge in [-0.05, 0) is 0 Å². The van der Waals surface area contributed by atoms with Gasteiger partial charge < -0.3 is 24.8 Å². The predicted molar refractivity (Wildman–Crippen MR) is 32.6 cm³/mol. The number of fused-ring (bicyclic) bond motifs is 1. The van der Waals surface area contributed by atoms with E-state index in [1.54, 1.807) is 0 Å². The van der Waals surface area contributed by atoms with Crippen molar-refractivity contribution < 1.29 is 24.8 Å². The molecule has 0 amide bonds. The second kappa shape index (κ2) is 2.40. The lowest BCUT2D eigenvalue weighted by Gasteiger charge is -2.25. The lowest BCUT2D eigenvalue weighted by atomic mass is 10.1. The van der Waals surface area contributed by atoms with Crippen LogP contribution in [-0.4, -0.2) is 52.6 Å². The molecule has 0 saturated carbocycles. The minimum atomic E-state index is -1.23. The highest BCUT2D eigenvalue weighted by Crippen LogP contribution is 2.36. The van der Waals surface area contributed by atoms with Gasteiger partial charge in [0.1, 0.15) is 24.4 Å². The van der Waals surface area contributed by atoms with Gasteiger partial charge in [0, 0.05) is 0 Å². The molecule has 0 aromatic carbocycles. The fourth-order valence-corrected chi connectivity index (χ4v) is 1.36. The molecule has 5 nitrogen and oxygen atoms in total. The van der Waals surface area contributed by atoms with Gasteiger partial charge in [-0.3, -0.25) is 0 Å². The van der Waals surface area contributed by atoms with Crippen molar-refractivity contribution in [2.75, 3.05) is 6.61 Å². The molecule has 0 aliphatic carbocycles. The molecule has 2 fully saturated rings. The van der Waals surface area contributed by atoms with Crippen molar-refractivity contribution in [3.8, 4) is 0 Å². The average Bonchev–Trinajstić information content (AvgIpc) is 2.76. The van der Waals surface area contributed by atoms with E-state index in [1.165, 1.54) is 0 Å². The number of rotatable bonds is 1. The molecule has 2 aliphatic rings. The Hall–Kier alpha value is -0.200. The van der Waals surface area contributed by atoms with Gasteiger partial charge in [0.05, 0.1) is 6.61 Å². The largest absolute Gasteiger partial charge is 0.394 e. The Labute approximate surface area is 63.2 Å². The van der Waals surface area contributed by atoms with Gasteiger partial charge in [0.25, 0.3) is 0 Å². The second-order valence-electron chi connectivity index (χ2n) is 2.80. The number of hydrogen-bond acceptors (Lipinski definition) is 5. The third-order valence-electron chi connectivity index (χ3n) is 2.05. The van der Waals surface area contributed by atoms with Crippen LogP contribution in [0.5, 0.6) is 0 Å². The molecule has 2 aliphatic heterocycles. The van der Waals surface area contributed by atoms with E-state index in [-0.39, 0.29) is 18.8 Å². The van der Waals surface area contributed by atoms with Crippen LogP contribution in [0.4, 0.5) is 0 Å². The predicted octanol–water partition coefficient (Wildman–Crippen LogP) is -2.18. The number of aliphatic hydroxyl groups is 3. The van der Waals surface area contributed by atoms with Gasteiger partial charge in [-0.15, -0.1) is 0 Å². The fraction of sp³-hybridized carbons (Fsp3) is 1.00. The van der Waals surface area contributed by atoms with Crippen molar-refractivity contribution in [1.82, 2.24) is 0 Å². The van der Waals surface area contributed by atoms with Gasteiger partial charge in [-0.2, -0.15) is 0 Å². The van der Waals surface area contributed by atoms with Crippen molar-refractivity contribution in [3.05, 3.63) is 0 Å². The van der Waals surface area contributed by atoms with Crippen LogP contribution in [0.1, 0.15) is 0 Å². The zero-order valence-corrected chi connectivity index (χ0v) is 5.75. The highest BCUT2D eigenvalue weighted by Gasteiger charge is 2.56. The van der Waals surface area contributed by atoms with Crippen molar-refractivity contribution in [3.63, 3.8) is 0 Å². The molecule has 2 rings (SSSR count). The second-order valence-corrected chi connectivity index (χ2v) is 2.80. The SMILES string of the molecule is OC[C@@H]1O[C@@H](O)[C@@H](O)[C@@H]2O[C@@H]21. The summed E-state index contributed by atoms with van der Waals surface area (Å²) in [4.78, 5) is 0. The van der Waals surface area contributed by atoms with E-state index in [4.69, 9.17) is 24.8 Å². The molecule has 5 atom stereocenters. The average molecular weight is 162 g/mol. The van der Waals surface area contributed by atoms with Crippen LogP contribution in [0, 0.1) is 0 Å². The van der Waals surface area contributed by atoms with E-state index in [2.05, 4.69) is 0 Å². The lowest BCUT2D eigenvalue weighted by molar-refractivity contribution is -0.209. The normalized spacial score (nSPS) is 55.4. The molecule has 5 heteroatoms. The fourth-order valence-electron chi connectivity index (χ4n) is 1.36. The van der Waals surface area contributed by atoms with E-state index >= 15 is 0 Å². The summed E-state index contributed by atoms with van der Waals surface area (Å²) in [6.45, 7) is -0.190. The van der Waals surface area contributed by atoms with Crippen LogP contribution in [0.25, 0.3) is 0 Å². The topological polar surface area (TPSA) is 82.5 Å². The van der Waals surface area contributed by atoms with Crippen LogP contribution in [0.2, 0.25) is 0 Å².